The summed E-state index contributed by atoms with van der Waals surface area (Å²) in [5.74, 6) is -5.58. The number of hydroxylamine groups is 2. The average Bonchev–Trinajstić information content (AvgIpc) is 1.09. The number of oxime groups is 1. The van der Waals surface area contributed by atoms with Crippen LogP contribution in [-0.2, 0) is 77.2 Å². The van der Waals surface area contributed by atoms with Crippen molar-refractivity contribution >= 4 is 74.6 Å². The third kappa shape index (κ3) is 19.6. The van der Waals surface area contributed by atoms with Gasteiger partial charge in [0.2, 0.25) is 6.20 Å². The van der Waals surface area contributed by atoms with Crippen LogP contribution in [0.4, 0.5) is 32.7 Å². The molecule has 3 aromatic rings. The fraction of sp³-hybridized carbons (Fsp3) is 0.623. The number of ether oxygens (including phenoxy) is 5. The van der Waals surface area contributed by atoms with E-state index in [0.29, 0.717) is 36.9 Å². The molecule has 0 spiro atoms. The van der Waals surface area contributed by atoms with E-state index in [4.69, 9.17) is 38.4 Å². The number of alkyl halides is 3. The number of likely N-dealkylation sites (tertiary alicyclic amines) is 1. The van der Waals surface area contributed by atoms with Crippen molar-refractivity contribution in [1.82, 2.24) is 30.3 Å². The molecule has 5 N–H and O–H groups in total. The van der Waals surface area contributed by atoms with Crippen LogP contribution >= 0.6 is 11.3 Å². The molecule has 0 aliphatic carbocycles. The van der Waals surface area contributed by atoms with E-state index in [1.54, 1.807) is 94.1 Å². The second kappa shape index (κ2) is 25.9. The number of carboxylic acid groups (broad SMARTS) is 1. The maximum absolute atomic E-state index is 14.4. The van der Waals surface area contributed by atoms with Gasteiger partial charge in [0.05, 0.1) is 29.3 Å². The largest absolute Gasteiger partial charge is 0.542 e. The van der Waals surface area contributed by atoms with Crippen LogP contribution in [-0.4, -0.2) is 163 Å². The number of halogens is 3. The number of aliphatic hydroxyl groups is 1. The van der Waals surface area contributed by atoms with Gasteiger partial charge >= 0.3 is 40.8 Å². The first-order valence-electron chi connectivity index (χ1n) is 26.7. The van der Waals surface area contributed by atoms with Crippen LogP contribution in [0.25, 0.3) is 11.1 Å². The van der Waals surface area contributed by atoms with Gasteiger partial charge in [0.1, 0.15) is 52.4 Å². The number of anilines is 1. The van der Waals surface area contributed by atoms with Gasteiger partial charge in [-0.2, -0.15) is 31.3 Å². The van der Waals surface area contributed by atoms with Crippen molar-refractivity contribution < 1.29 is 107 Å². The Labute approximate surface area is 498 Å². The Hall–Kier alpha value is -7.36. The van der Waals surface area contributed by atoms with E-state index in [1.807, 2.05) is 33.9 Å². The van der Waals surface area contributed by atoms with Crippen LogP contribution in [0.5, 0.6) is 5.75 Å². The minimum absolute atomic E-state index is 0.0272. The quantitative estimate of drug-likeness (QED) is 0.0238. The molecule has 28 nitrogen and oxygen atoms in total. The summed E-state index contributed by atoms with van der Waals surface area (Å²) in [5.41, 5.74) is -5.35. The Bertz CT molecular complexity index is 3150. The summed E-state index contributed by atoms with van der Waals surface area (Å²) in [7, 11) is -5.13. The Morgan fingerprint density at radius 1 is 0.907 bits per heavy atom. The van der Waals surface area contributed by atoms with Crippen LogP contribution < -0.4 is 30.5 Å². The van der Waals surface area contributed by atoms with E-state index in [2.05, 4.69) is 30.4 Å². The molecular weight excluding hydrogens is 1190 g/mol. The molecule has 6 rings (SSSR count). The number of fused-ring (bicyclic) bond motifs is 1. The first kappa shape index (κ1) is 69.4. The number of benzene rings is 1. The zero-order valence-corrected chi connectivity index (χ0v) is 51.8. The van der Waals surface area contributed by atoms with Gasteiger partial charge in [-0.3, -0.25) is 19.5 Å². The zero-order chi connectivity index (χ0) is 65.1. The topological polar surface area (TPSA) is 358 Å². The number of β-lactam (4-membered cyclic amide) rings is 1. The third-order valence-corrected chi connectivity index (χ3v) is 13.3. The molecule has 5 heterocycles. The van der Waals surface area contributed by atoms with Gasteiger partial charge in [0, 0.05) is 25.0 Å². The SMILES string of the molecule is CC(C)(C)OC(=O)NC[C@H](O)Cn1cc(-c2ccc3c(c2)CC[C@H]([C@](C)(O/N=C(\C(=O)N[C@@H]2C(=O)N(OS(=O)(=O)O)C2(C)C)c2csc(NC(=O)OC(C)(C)C)n2)C(=O)OC(C)(C)C)O3)c[n+]1CC1CN(C(=O)OC(C)(C)C)C1.O=C([O-])C(F)(F)F. The highest BCUT2D eigenvalue weighted by atomic mass is 32.3. The number of aryl methyl sites for hydroxylation is 1. The number of aliphatic hydroxyl groups excluding tert-OH is 1. The van der Waals surface area contributed by atoms with Gasteiger partial charge in [0.15, 0.2) is 23.5 Å². The average molecular weight is 1260 g/mol. The summed E-state index contributed by atoms with van der Waals surface area (Å²) >= 11 is 0.885. The molecule has 3 aliphatic rings. The highest BCUT2D eigenvalue weighted by molar-refractivity contribution is 7.80. The fourth-order valence-electron chi connectivity index (χ4n) is 8.35. The number of thiazole rings is 1. The lowest BCUT2D eigenvalue weighted by atomic mass is 9.84. The molecule has 2 aromatic heterocycles. The Morgan fingerprint density at radius 3 is 2.03 bits per heavy atom. The van der Waals surface area contributed by atoms with Crippen molar-refractivity contribution in [2.45, 2.75) is 188 Å². The molecule has 5 amide bonds. The highest BCUT2D eigenvalue weighted by Crippen LogP contribution is 2.38. The number of esters is 1. The number of aliphatic carboxylic acids is 1. The number of carboxylic acids is 1. The Balaban J connectivity index is 0.00000181. The zero-order valence-electron chi connectivity index (χ0n) is 50.2. The highest BCUT2D eigenvalue weighted by Gasteiger charge is 2.58. The number of hydrogen-bond acceptors (Lipinski definition) is 21. The number of nitrogens with one attached hydrogen (secondary N) is 3. The number of hydrogen-bond donors (Lipinski definition) is 5. The molecule has 0 unspecified atom stereocenters. The smallest absolute Gasteiger partial charge is 0.430 e. The molecule has 2 fully saturated rings. The normalized spacial score (nSPS) is 18.4. The maximum Gasteiger partial charge on any atom is 0.430 e. The third-order valence-electron chi connectivity index (χ3n) is 12.2. The summed E-state index contributed by atoms with van der Waals surface area (Å²) in [5, 5.41) is 33.4. The first-order valence-corrected chi connectivity index (χ1v) is 29.0. The van der Waals surface area contributed by atoms with Gasteiger partial charge in [-0.1, -0.05) is 11.2 Å². The van der Waals surface area contributed by atoms with Crippen molar-refractivity contribution in [1.29, 1.82) is 0 Å². The number of carbonyl (C=O) groups is 7. The minimum atomic E-state index is -5.19. The predicted octanol–water partition coefficient (Wildman–Crippen LogP) is 4.35. The minimum Gasteiger partial charge on any atom is -0.542 e. The van der Waals surface area contributed by atoms with Crippen molar-refractivity contribution in [2.75, 3.05) is 25.0 Å². The molecule has 1 aromatic carbocycles. The predicted molar refractivity (Wildman–Crippen MR) is 295 cm³/mol. The Kier molecular flexibility index (Phi) is 20.9. The number of rotatable bonds is 17. The summed E-state index contributed by atoms with van der Waals surface area (Å²) in [6.07, 6.45) is -4.91. The molecule has 4 atom stereocenters. The number of nitrogens with zero attached hydrogens (tertiary/aromatic N) is 6. The van der Waals surface area contributed by atoms with Gasteiger partial charge in [-0.15, -0.1) is 20.3 Å². The summed E-state index contributed by atoms with van der Waals surface area (Å²) in [4.78, 5) is 100. The van der Waals surface area contributed by atoms with Gasteiger partial charge in [-0.25, -0.2) is 24.2 Å². The lowest BCUT2D eigenvalue weighted by molar-refractivity contribution is -0.782. The van der Waals surface area contributed by atoms with Crippen LogP contribution in [0.15, 0.2) is 41.1 Å². The van der Waals surface area contributed by atoms with Gasteiger partial charge in [0.25, 0.3) is 17.4 Å². The standard InChI is InChI=1S/C51H73N9O17S2.C2HF3O2/c1-46(2,3)72-41(64)51(15,76-56-37(34-28-78-42(53-34)55-44(66)74-48(7,8)9)39(62)54-38-40(63)60(50(38,13)14)77-79(68,69)70)36-19-17-31-20-30(16-18-35(31)71-36)32-25-58(24-29-22-57(23-29)45(67)75-49(10,11)12)59(26-32)27-33(61)21-52-43(65)73-47(4,5)6;3-2(4,5)1(6)7/h16,18,20,25-26,28-29,33,36,38,61H,17,19,21-24,27H2,1-15H3,(H3-,52,53,54,55,62,65,66,68,69,70);(H,6,7)/b56-37-;/t33-,36+,38+,51-;/m0./s1. The molecule has 0 saturated carbocycles. The molecule has 33 heteroatoms. The van der Waals surface area contributed by atoms with Crippen molar-refractivity contribution in [3.63, 3.8) is 0 Å². The van der Waals surface area contributed by atoms with Crippen LogP contribution in [0.1, 0.15) is 122 Å². The molecule has 478 valence electrons. The number of alkyl carbamates (subject to hydrolysis) is 1. The number of carbonyl (C=O) groups excluding carboxylic acids is 7. The summed E-state index contributed by atoms with van der Waals surface area (Å²) in [6, 6.07) is 4.06. The molecule has 0 bridgehead atoms. The second-order valence-corrected chi connectivity index (χ2v) is 26.9. The molecule has 3 aliphatic heterocycles. The molecular formula is C53H74F3N9O19S2. The summed E-state index contributed by atoms with van der Waals surface area (Å²) < 4.78 is 101. The second-order valence-electron chi connectivity index (χ2n) is 25.0. The van der Waals surface area contributed by atoms with Gasteiger partial charge < -0.3 is 59.1 Å². The first-order chi connectivity index (χ1) is 39.1. The lowest BCUT2D eigenvalue weighted by Crippen LogP contribution is -2.76. The van der Waals surface area contributed by atoms with E-state index < -0.39 is 116 Å². The molecule has 2 saturated heterocycles. The fourth-order valence-corrected chi connectivity index (χ4v) is 9.48. The van der Waals surface area contributed by atoms with E-state index >= 15 is 0 Å². The lowest BCUT2D eigenvalue weighted by Gasteiger charge is -2.50. The van der Waals surface area contributed by atoms with Crippen molar-refractivity contribution in [3.05, 3.63) is 47.2 Å². The van der Waals surface area contributed by atoms with Crippen LogP contribution in [0, 0.1) is 5.92 Å². The maximum atomic E-state index is 14.4. The number of aromatic nitrogens is 3. The van der Waals surface area contributed by atoms with Crippen molar-refractivity contribution in [3.8, 4) is 16.9 Å². The van der Waals surface area contributed by atoms with Crippen LogP contribution in [0.3, 0.4) is 0 Å². The Morgan fingerprint density at radius 2 is 1.49 bits per heavy atom. The summed E-state index contributed by atoms with van der Waals surface area (Å²) in [6.45, 7) is 26.1. The monoisotopic (exact) mass is 1260 g/mol. The van der Waals surface area contributed by atoms with E-state index in [9.17, 15) is 60.0 Å². The number of amides is 5. The molecule has 0 radical (unpaired) electrons. The van der Waals surface area contributed by atoms with Crippen LogP contribution in [0.2, 0.25) is 0 Å². The van der Waals surface area contributed by atoms with E-state index in [-0.39, 0.29) is 36.3 Å². The van der Waals surface area contributed by atoms with Crippen molar-refractivity contribution in [2.24, 2.45) is 11.1 Å². The van der Waals surface area contributed by atoms with Gasteiger partial charge in [-0.05, 0) is 140 Å². The molecule has 86 heavy (non-hydrogen) atoms. The van der Waals surface area contributed by atoms with E-state index in [0.717, 1.165) is 28.0 Å². The van der Waals surface area contributed by atoms with E-state index in [1.165, 1.54) is 26.2 Å².